The number of hydrogen-bond acceptors (Lipinski definition) is 2. The molecule has 6 heavy (non-hydrogen) atoms. The van der Waals surface area contributed by atoms with E-state index in [1.165, 1.54) is 12.7 Å². The summed E-state index contributed by atoms with van der Waals surface area (Å²) < 4.78 is 0. The summed E-state index contributed by atoms with van der Waals surface area (Å²) in [6, 6.07) is 0. The van der Waals surface area contributed by atoms with Gasteiger partial charge < -0.3 is 0 Å². The van der Waals surface area contributed by atoms with Crippen LogP contribution in [0.15, 0.2) is 12.7 Å². The average molecular weight is 93.4 g/mol. The summed E-state index contributed by atoms with van der Waals surface area (Å²) in [5.74, 6) is 0. The quantitative estimate of drug-likeness (QED) is 0.436. The number of aromatic amines is 1. The van der Waals surface area contributed by atoms with Crippen molar-refractivity contribution in [2.75, 3.05) is 0 Å². The van der Waals surface area contributed by atoms with Gasteiger partial charge in [0.15, 0.2) is 0 Å². The van der Waals surface area contributed by atoms with E-state index < -0.39 is 0 Å². The molecule has 1 rings (SSSR count). The van der Waals surface area contributed by atoms with Crippen LogP contribution in [0.5, 0.6) is 0 Å². The molecule has 0 aliphatic carbocycles. The van der Waals surface area contributed by atoms with E-state index in [2.05, 4.69) is 15.2 Å². The summed E-state index contributed by atoms with van der Waals surface area (Å²) in [5, 5.41) is 5.99. The molecule has 1 aromatic heterocycles. The fraction of sp³-hybridized carbons (Fsp3) is 0. The molecule has 0 unspecified atom stereocenters. The molecule has 26 valence electrons. The molecule has 0 saturated heterocycles. The molecule has 0 fully saturated rings. The molecule has 0 aromatic carbocycles. The monoisotopic (exact) mass is 93.0 g/mol. The van der Waals surface area contributed by atoms with Gasteiger partial charge in [0, 0.05) is 0 Å². The molecule has 3 nitrogen and oxygen atoms in total. The van der Waals surface area contributed by atoms with Crippen LogP contribution in [0.2, 0.25) is 0 Å². The summed E-state index contributed by atoms with van der Waals surface area (Å²) >= 11 is 0. The Morgan fingerprint density at radius 1 is 1.50 bits per heavy atom. The van der Waals surface area contributed by atoms with Crippen LogP contribution in [0.25, 0.3) is 0 Å². The Morgan fingerprint density at radius 3 is 2.50 bits per heavy atom. The SMILES string of the molecule is [Mg+2].c1nc[nH]n1. The number of aromatic nitrogens is 3. The smallest absolute Gasteiger partial charge is 0.266 e. The van der Waals surface area contributed by atoms with E-state index in [1.54, 1.807) is 0 Å². The third-order valence-corrected chi connectivity index (χ3v) is 0.331. The maximum atomic E-state index is 3.56. The Labute approximate surface area is 51.3 Å². The van der Waals surface area contributed by atoms with Gasteiger partial charge in [-0.3, -0.25) is 5.10 Å². The minimum Gasteiger partial charge on any atom is -0.266 e. The molecule has 0 amide bonds. The van der Waals surface area contributed by atoms with Crippen LogP contribution < -0.4 is 0 Å². The fourth-order valence-electron chi connectivity index (χ4n) is 0.167. The largest absolute Gasteiger partial charge is 2.00 e. The van der Waals surface area contributed by atoms with Crippen molar-refractivity contribution in [3.05, 3.63) is 12.7 Å². The van der Waals surface area contributed by atoms with Crippen LogP contribution >= 0.6 is 0 Å². The van der Waals surface area contributed by atoms with Gasteiger partial charge in [0.05, 0.1) is 0 Å². The maximum absolute atomic E-state index is 3.56. The molecular formula is C2H3MgN3+2. The molecular weight excluding hydrogens is 90.3 g/mol. The van der Waals surface area contributed by atoms with Gasteiger partial charge in [-0.15, -0.1) is 0 Å². The third kappa shape index (κ3) is 1.37. The summed E-state index contributed by atoms with van der Waals surface area (Å²) in [5.41, 5.74) is 0. The minimum absolute atomic E-state index is 0. The van der Waals surface area contributed by atoms with Gasteiger partial charge in [-0.1, -0.05) is 0 Å². The van der Waals surface area contributed by atoms with Gasteiger partial charge in [-0.2, -0.15) is 5.10 Å². The van der Waals surface area contributed by atoms with E-state index in [1.807, 2.05) is 0 Å². The average Bonchev–Trinajstić information content (AvgIpc) is 1.76. The predicted molar refractivity (Wildman–Crippen MR) is 22.1 cm³/mol. The van der Waals surface area contributed by atoms with E-state index in [0.717, 1.165) is 0 Å². The number of rotatable bonds is 0. The summed E-state index contributed by atoms with van der Waals surface area (Å²) in [7, 11) is 0. The van der Waals surface area contributed by atoms with Gasteiger partial charge >= 0.3 is 23.1 Å². The second-order valence-electron chi connectivity index (χ2n) is 0.652. The van der Waals surface area contributed by atoms with Crippen molar-refractivity contribution in [2.24, 2.45) is 0 Å². The predicted octanol–water partition coefficient (Wildman–Crippen LogP) is -0.576. The Bertz CT molecular complexity index is 65.3. The molecule has 0 spiro atoms. The van der Waals surface area contributed by atoms with Gasteiger partial charge in [-0.25, -0.2) is 4.98 Å². The van der Waals surface area contributed by atoms with Gasteiger partial charge in [0.2, 0.25) is 0 Å². The molecule has 0 atom stereocenters. The first kappa shape index (κ1) is 5.91. The van der Waals surface area contributed by atoms with Crippen molar-refractivity contribution in [1.82, 2.24) is 15.2 Å². The van der Waals surface area contributed by atoms with E-state index in [9.17, 15) is 0 Å². The number of H-pyrrole nitrogens is 1. The Hall–Kier alpha value is -0.0938. The van der Waals surface area contributed by atoms with Crippen LogP contribution in [0.1, 0.15) is 0 Å². The Morgan fingerprint density at radius 2 is 2.33 bits per heavy atom. The van der Waals surface area contributed by atoms with Gasteiger partial charge in [0.25, 0.3) is 0 Å². The minimum atomic E-state index is 0. The van der Waals surface area contributed by atoms with Crippen LogP contribution in [0, 0.1) is 0 Å². The van der Waals surface area contributed by atoms with Crippen molar-refractivity contribution in [3.63, 3.8) is 0 Å². The van der Waals surface area contributed by atoms with Crippen LogP contribution in [0.3, 0.4) is 0 Å². The van der Waals surface area contributed by atoms with Crippen LogP contribution in [-0.2, 0) is 0 Å². The van der Waals surface area contributed by atoms with Crippen molar-refractivity contribution < 1.29 is 0 Å². The normalized spacial score (nSPS) is 6.67. The first-order chi connectivity index (χ1) is 2.50. The van der Waals surface area contributed by atoms with Crippen molar-refractivity contribution in [2.45, 2.75) is 0 Å². The van der Waals surface area contributed by atoms with E-state index in [4.69, 9.17) is 0 Å². The zero-order valence-electron chi connectivity index (χ0n) is 3.26. The molecule has 0 saturated carbocycles. The molecule has 0 bridgehead atoms. The number of nitrogens with one attached hydrogen (secondary N) is 1. The van der Waals surface area contributed by atoms with Crippen LogP contribution in [-0.4, -0.2) is 38.2 Å². The topological polar surface area (TPSA) is 41.6 Å². The summed E-state index contributed by atoms with van der Waals surface area (Å²) in [4.78, 5) is 3.56. The Balaban J connectivity index is 0.000000250. The van der Waals surface area contributed by atoms with Crippen molar-refractivity contribution >= 4 is 23.1 Å². The molecule has 1 N–H and O–H groups in total. The van der Waals surface area contributed by atoms with E-state index in [-0.39, 0.29) is 23.1 Å². The van der Waals surface area contributed by atoms with E-state index >= 15 is 0 Å². The van der Waals surface area contributed by atoms with Gasteiger partial charge in [-0.05, 0) is 0 Å². The third-order valence-electron chi connectivity index (χ3n) is 0.331. The molecule has 1 heterocycles. The fourth-order valence-corrected chi connectivity index (χ4v) is 0.167. The molecule has 0 aliphatic rings. The molecule has 4 heteroatoms. The first-order valence-electron chi connectivity index (χ1n) is 1.29. The number of hydrogen-bond donors (Lipinski definition) is 1. The first-order valence-corrected chi connectivity index (χ1v) is 1.29. The second-order valence-corrected chi connectivity index (χ2v) is 0.652. The second kappa shape index (κ2) is 3.11. The zero-order chi connectivity index (χ0) is 3.54. The summed E-state index contributed by atoms with van der Waals surface area (Å²) in [6.07, 6.45) is 2.96. The van der Waals surface area contributed by atoms with Crippen molar-refractivity contribution in [1.29, 1.82) is 0 Å². The maximum Gasteiger partial charge on any atom is 2.00 e. The molecule has 0 radical (unpaired) electrons. The Kier molecular flexibility index (Phi) is 3.06. The standard InChI is InChI=1S/C2H3N3.Mg/c1-3-2-5-4-1;/h1-2H,(H,3,4,5);/q;+2. The van der Waals surface area contributed by atoms with Crippen molar-refractivity contribution in [3.8, 4) is 0 Å². The van der Waals surface area contributed by atoms with Crippen LogP contribution in [0.4, 0.5) is 0 Å². The summed E-state index contributed by atoms with van der Waals surface area (Å²) in [6.45, 7) is 0. The van der Waals surface area contributed by atoms with Gasteiger partial charge in [0.1, 0.15) is 12.7 Å². The zero-order valence-corrected chi connectivity index (χ0v) is 4.67. The number of nitrogens with zero attached hydrogens (tertiary/aromatic N) is 2. The molecule has 1 aromatic rings. The van der Waals surface area contributed by atoms with E-state index in [0.29, 0.717) is 0 Å². The molecule has 0 aliphatic heterocycles.